The maximum Gasteiger partial charge on any atom is 0.523 e. The van der Waals surface area contributed by atoms with Gasteiger partial charge in [-0.15, -0.1) is 0 Å². The fourth-order valence-electron chi connectivity index (χ4n) is 2.35. The minimum Gasteiger partial charge on any atom is -0.343 e. The molecule has 0 amide bonds. The fourth-order valence-corrected chi connectivity index (χ4v) is 2.97. The van der Waals surface area contributed by atoms with Crippen LogP contribution in [0.4, 0.5) is 13.2 Å². The Hall–Kier alpha value is -0.420. The molecule has 0 aromatic carbocycles. The van der Waals surface area contributed by atoms with Gasteiger partial charge in [0.15, 0.2) is 12.1 Å². The van der Waals surface area contributed by atoms with Crippen molar-refractivity contribution in [1.82, 2.24) is 0 Å². The Labute approximate surface area is 120 Å². The summed E-state index contributed by atoms with van der Waals surface area (Å²) in [6, 6.07) is 0. The van der Waals surface area contributed by atoms with Crippen LogP contribution in [0.1, 0.15) is 27.7 Å². The number of hydrogen-bond donors (Lipinski definition) is 0. The normalized spacial score (nSPS) is 36.2. The first-order valence-corrected chi connectivity index (χ1v) is 7.75. The van der Waals surface area contributed by atoms with Crippen LogP contribution in [0.25, 0.3) is 0 Å². The summed E-state index contributed by atoms with van der Waals surface area (Å²) in [4.78, 5) is 0. The minimum absolute atomic E-state index is 0.278. The average molecular weight is 334 g/mol. The van der Waals surface area contributed by atoms with Crippen LogP contribution < -0.4 is 0 Å². The van der Waals surface area contributed by atoms with Crippen LogP contribution in [-0.2, 0) is 28.5 Å². The molecule has 0 saturated carbocycles. The van der Waals surface area contributed by atoms with Gasteiger partial charge in [-0.3, -0.25) is 4.18 Å². The van der Waals surface area contributed by atoms with Gasteiger partial charge in [0.1, 0.15) is 12.2 Å². The molecule has 21 heavy (non-hydrogen) atoms. The van der Waals surface area contributed by atoms with Crippen LogP contribution in [0.2, 0.25) is 0 Å². The monoisotopic (exact) mass is 334 g/mol. The van der Waals surface area contributed by atoms with Crippen LogP contribution in [0.5, 0.6) is 0 Å². The molecule has 0 radical (unpaired) electrons. The summed E-state index contributed by atoms with van der Waals surface area (Å²) in [5.74, 6) is -1.36. The highest BCUT2D eigenvalue weighted by Crippen LogP contribution is 2.42. The molecule has 2 fully saturated rings. The quantitative estimate of drug-likeness (QED) is 0.578. The van der Waals surface area contributed by atoms with E-state index in [1.165, 1.54) is 0 Å². The highest BCUT2D eigenvalue weighted by Gasteiger charge is 2.60. The van der Waals surface area contributed by atoms with Crippen molar-refractivity contribution in [3.05, 3.63) is 0 Å². The molecule has 0 aromatic rings. The van der Waals surface area contributed by atoms with E-state index in [0.29, 0.717) is 0 Å². The van der Waals surface area contributed by atoms with Crippen molar-refractivity contribution in [2.75, 3.05) is 0 Å². The largest absolute Gasteiger partial charge is 0.523 e. The van der Waals surface area contributed by atoms with E-state index in [1.807, 2.05) is 0 Å². The van der Waals surface area contributed by atoms with Crippen molar-refractivity contribution in [3.8, 4) is 0 Å². The fraction of sp³-hybridized carbons (Fsp3) is 1.00. The summed E-state index contributed by atoms with van der Waals surface area (Å²) in [6.07, 6.45) is -4.29. The predicted octanol–water partition coefficient (Wildman–Crippen LogP) is 1.75. The third-order valence-corrected chi connectivity index (χ3v) is 4.25. The van der Waals surface area contributed by atoms with E-state index in [1.54, 1.807) is 27.7 Å². The molecule has 0 aliphatic carbocycles. The molecule has 2 aliphatic heterocycles. The zero-order valence-corrected chi connectivity index (χ0v) is 12.7. The van der Waals surface area contributed by atoms with Gasteiger partial charge in [0, 0.05) is 0 Å². The van der Waals surface area contributed by atoms with Crippen molar-refractivity contribution >= 4 is 10.1 Å². The molecule has 0 spiro atoms. The molecule has 10 heteroatoms. The van der Waals surface area contributed by atoms with Crippen LogP contribution in [0, 0.1) is 5.92 Å². The Morgan fingerprint density at radius 2 is 1.76 bits per heavy atom. The molecule has 124 valence electrons. The van der Waals surface area contributed by atoms with Crippen molar-refractivity contribution in [3.63, 3.8) is 0 Å². The molecular weight excluding hydrogens is 317 g/mol. The summed E-state index contributed by atoms with van der Waals surface area (Å²) < 4.78 is 80.5. The van der Waals surface area contributed by atoms with Crippen molar-refractivity contribution < 1.29 is 40.0 Å². The number of rotatable bonds is 3. The van der Waals surface area contributed by atoms with E-state index in [4.69, 9.17) is 14.2 Å². The lowest BCUT2D eigenvalue weighted by Gasteiger charge is -2.27. The zero-order valence-electron chi connectivity index (χ0n) is 11.9. The Morgan fingerprint density at radius 1 is 1.19 bits per heavy atom. The molecule has 0 aromatic heterocycles. The molecule has 2 heterocycles. The Morgan fingerprint density at radius 3 is 2.24 bits per heavy atom. The Balaban J connectivity index is 2.25. The van der Waals surface area contributed by atoms with Crippen molar-refractivity contribution in [1.29, 1.82) is 0 Å². The number of hydrogen-bond acceptors (Lipinski definition) is 6. The van der Waals surface area contributed by atoms with Gasteiger partial charge >= 0.3 is 15.6 Å². The first kappa shape index (κ1) is 16.9. The summed E-state index contributed by atoms with van der Waals surface area (Å²) >= 11 is 0. The lowest BCUT2D eigenvalue weighted by atomic mass is 10.0. The molecule has 2 rings (SSSR count). The first-order chi connectivity index (χ1) is 9.34. The maximum absolute atomic E-state index is 12.5. The SMILES string of the molecule is CC(C)[C@H]1O[C@@H]2OC(C)(C)O[C@@H]2[C@@H]1OS(=O)(=O)C(F)(F)F. The lowest BCUT2D eigenvalue weighted by molar-refractivity contribution is -0.218. The molecular formula is C11H17F3O6S. The second kappa shape index (κ2) is 5.05. The highest BCUT2D eigenvalue weighted by atomic mass is 32.2. The maximum atomic E-state index is 12.5. The van der Waals surface area contributed by atoms with Gasteiger partial charge in [-0.05, 0) is 19.8 Å². The Bertz CT molecular complexity index is 501. The first-order valence-electron chi connectivity index (χ1n) is 6.35. The molecule has 6 nitrogen and oxygen atoms in total. The molecule has 2 saturated heterocycles. The third kappa shape index (κ3) is 3.19. The van der Waals surface area contributed by atoms with E-state index in [-0.39, 0.29) is 5.92 Å². The lowest BCUT2D eigenvalue weighted by Crippen LogP contribution is -2.43. The standard InChI is InChI=1S/C11H17F3O6S/c1-5(2)6-7(20-21(15,16)11(12,13)14)8-9(17-6)19-10(3,4)18-8/h5-9H,1-4H3/t6-,7-,8-,9-/m1/s1. The second-order valence-electron chi connectivity index (χ2n) is 5.77. The van der Waals surface area contributed by atoms with E-state index in [9.17, 15) is 21.6 Å². The number of ether oxygens (including phenoxy) is 3. The second-order valence-corrected chi connectivity index (χ2v) is 7.34. The predicted molar refractivity (Wildman–Crippen MR) is 63.4 cm³/mol. The molecule has 2 aliphatic rings. The molecule has 0 unspecified atom stereocenters. The number of alkyl halides is 3. The topological polar surface area (TPSA) is 71.1 Å². The number of fused-ring (bicyclic) bond motifs is 1. The van der Waals surface area contributed by atoms with Gasteiger partial charge < -0.3 is 14.2 Å². The summed E-state index contributed by atoms with van der Waals surface area (Å²) in [6.45, 7) is 6.45. The molecule has 4 atom stereocenters. The third-order valence-electron chi connectivity index (χ3n) is 3.21. The van der Waals surface area contributed by atoms with Gasteiger partial charge in [0.25, 0.3) is 0 Å². The van der Waals surface area contributed by atoms with Gasteiger partial charge in [0.2, 0.25) is 0 Å². The van der Waals surface area contributed by atoms with Crippen LogP contribution in [-0.4, -0.2) is 44.3 Å². The van der Waals surface area contributed by atoms with Crippen LogP contribution in [0.3, 0.4) is 0 Å². The zero-order chi connectivity index (χ0) is 16.2. The van der Waals surface area contributed by atoms with Crippen LogP contribution >= 0.6 is 0 Å². The van der Waals surface area contributed by atoms with Gasteiger partial charge in [0.05, 0.1) is 6.10 Å². The minimum atomic E-state index is -5.74. The van der Waals surface area contributed by atoms with Crippen LogP contribution in [0.15, 0.2) is 0 Å². The highest BCUT2D eigenvalue weighted by molar-refractivity contribution is 7.87. The van der Waals surface area contributed by atoms with Gasteiger partial charge in [-0.1, -0.05) is 13.8 Å². The van der Waals surface area contributed by atoms with E-state index in [0.717, 1.165) is 0 Å². The van der Waals surface area contributed by atoms with E-state index < -0.39 is 46.0 Å². The Kier molecular flexibility index (Phi) is 4.08. The van der Waals surface area contributed by atoms with Crippen molar-refractivity contribution in [2.45, 2.75) is 63.6 Å². The summed E-state index contributed by atoms with van der Waals surface area (Å²) in [5.41, 5.74) is -5.50. The average Bonchev–Trinajstić information content (AvgIpc) is 2.70. The molecule has 0 bridgehead atoms. The van der Waals surface area contributed by atoms with Gasteiger partial charge in [-0.2, -0.15) is 21.6 Å². The van der Waals surface area contributed by atoms with E-state index in [2.05, 4.69) is 4.18 Å². The summed E-state index contributed by atoms with van der Waals surface area (Å²) in [5, 5.41) is 0. The van der Waals surface area contributed by atoms with Gasteiger partial charge in [-0.25, -0.2) is 0 Å². The molecule has 0 N–H and O–H groups in total. The number of halogens is 3. The smallest absolute Gasteiger partial charge is 0.343 e. The van der Waals surface area contributed by atoms with Crippen molar-refractivity contribution in [2.24, 2.45) is 5.92 Å². The summed E-state index contributed by atoms with van der Waals surface area (Å²) in [7, 11) is -5.74. The van der Waals surface area contributed by atoms with E-state index >= 15 is 0 Å².